The Morgan fingerprint density at radius 1 is 0.808 bits per heavy atom. The van der Waals surface area contributed by atoms with Crippen LogP contribution in [0.15, 0.2) is 95.6 Å². The molecule has 1 N–H and O–H groups in total. The van der Waals surface area contributed by atoms with Gasteiger partial charge in [0.15, 0.2) is 0 Å². The molecule has 0 radical (unpaired) electrons. The summed E-state index contributed by atoms with van der Waals surface area (Å²) in [6.07, 6.45) is 3.35. The standard InChI is InChI=1S/C23H17NO2/c25-23(24-20-13-12-17-7-4-5-10-19(17)15-20)22(16-21-11-6-14-26-21)18-8-2-1-3-9-18/h1-16H,(H,24,25). The fourth-order valence-corrected chi connectivity index (χ4v) is 2.88. The molecule has 3 aromatic carbocycles. The molecule has 0 spiro atoms. The van der Waals surface area contributed by atoms with E-state index in [9.17, 15) is 4.79 Å². The van der Waals surface area contributed by atoms with Gasteiger partial charge in [0.1, 0.15) is 5.76 Å². The predicted molar refractivity (Wildman–Crippen MR) is 106 cm³/mol. The third-order valence-corrected chi connectivity index (χ3v) is 4.17. The number of rotatable bonds is 4. The highest BCUT2D eigenvalue weighted by Gasteiger charge is 2.13. The molecule has 126 valence electrons. The average Bonchev–Trinajstić information content (AvgIpc) is 3.20. The smallest absolute Gasteiger partial charge is 0.256 e. The van der Waals surface area contributed by atoms with E-state index in [2.05, 4.69) is 5.32 Å². The normalized spacial score (nSPS) is 11.5. The van der Waals surface area contributed by atoms with Gasteiger partial charge >= 0.3 is 0 Å². The van der Waals surface area contributed by atoms with Gasteiger partial charge in [0.2, 0.25) is 0 Å². The van der Waals surface area contributed by atoms with Crippen LogP contribution in [0.25, 0.3) is 22.4 Å². The molecule has 3 heteroatoms. The molecule has 0 aliphatic rings. The highest BCUT2D eigenvalue weighted by atomic mass is 16.3. The molecule has 0 saturated carbocycles. The molecule has 26 heavy (non-hydrogen) atoms. The molecule has 0 atom stereocenters. The minimum atomic E-state index is -0.178. The third kappa shape index (κ3) is 3.42. The van der Waals surface area contributed by atoms with Gasteiger partial charge in [0.05, 0.1) is 11.8 Å². The van der Waals surface area contributed by atoms with Gasteiger partial charge in [0, 0.05) is 5.69 Å². The van der Waals surface area contributed by atoms with Crippen LogP contribution in [0, 0.1) is 0 Å². The van der Waals surface area contributed by atoms with Crippen LogP contribution in [0.5, 0.6) is 0 Å². The SMILES string of the molecule is O=C(Nc1ccc2ccccc2c1)C(=Cc1ccco1)c1ccccc1. The Kier molecular flexibility index (Phi) is 4.35. The lowest BCUT2D eigenvalue weighted by Crippen LogP contribution is -2.13. The summed E-state index contributed by atoms with van der Waals surface area (Å²) < 4.78 is 5.39. The van der Waals surface area contributed by atoms with E-state index >= 15 is 0 Å². The number of carbonyl (C=O) groups is 1. The number of fused-ring (bicyclic) bond motifs is 1. The lowest BCUT2D eigenvalue weighted by Gasteiger charge is -2.10. The molecule has 1 heterocycles. The van der Waals surface area contributed by atoms with E-state index in [-0.39, 0.29) is 5.91 Å². The summed E-state index contributed by atoms with van der Waals surface area (Å²) in [5.41, 5.74) is 2.14. The minimum Gasteiger partial charge on any atom is -0.465 e. The third-order valence-electron chi connectivity index (χ3n) is 4.17. The molecule has 0 aliphatic heterocycles. The molecule has 4 aromatic rings. The van der Waals surface area contributed by atoms with Crippen molar-refractivity contribution in [2.24, 2.45) is 0 Å². The summed E-state index contributed by atoms with van der Waals surface area (Å²) >= 11 is 0. The summed E-state index contributed by atoms with van der Waals surface area (Å²) in [5.74, 6) is 0.459. The van der Waals surface area contributed by atoms with Crippen molar-refractivity contribution >= 4 is 34.0 Å². The Morgan fingerprint density at radius 2 is 1.58 bits per heavy atom. The van der Waals surface area contributed by atoms with Crippen molar-refractivity contribution in [1.82, 2.24) is 0 Å². The van der Waals surface area contributed by atoms with Crippen molar-refractivity contribution in [2.75, 3.05) is 5.32 Å². The zero-order chi connectivity index (χ0) is 17.8. The average molecular weight is 339 g/mol. The first kappa shape index (κ1) is 15.9. The number of anilines is 1. The van der Waals surface area contributed by atoms with Gasteiger partial charge in [-0.1, -0.05) is 60.7 Å². The van der Waals surface area contributed by atoms with E-state index in [0.717, 1.165) is 22.0 Å². The number of nitrogens with one attached hydrogen (secondary N) is 1. The Morgan fingerprint density at radius 3 is 2.35 bits per heavy atom. The maximum atomic E-state index is 13.0. The maximum Gasteiger partial charge on any atom is 0.256 e. The Bertz CT molecular complexity index is 1060. The van der Waals surface area contributed by atoms with E-state index in [1.54, 1.807) is 18.4 Å². The molecular formula is C23H17NO2. The number of benzene rings is 3. The molecular weight excluding hydrogens is 322 g/mol. The lowest BCUT2D eigenvalue weighted by molar-refractivity contribution is -0.111. The van der Waals surface area contributed by atoms with Gasteiger partial charge in [0.25, 0.3) is 5.91 Å². The molecule has 0 bridgehead atoms. The van der Waals surface area contributed by atoms with Crippen molar-refractivity contribution in [2.45, 2.75) is 0 Å². The van der Waals surface area contributed by atoms with E-state index < -0.39 is 0 Å². The largest absolute Gasteiger partial charge is 0.465 e. The zero-order valence-corrected chi connectivity index (χ0v) is 14.1. The highest BCUT2D eigenvalue weighted by Crippen LogP contribution is 2.23. The maximum absolute atomic E-state index is 13.0. The molecule has 1 aromatic heterocycles. The first-order valence-electron chi connectivity index (χ1n) is 8.40. The summed E-state index contributed by atoms with van der Waals surface area (Å²) in [6.45, 7) is 0. The Labute approximate surface area is 151 Å². The van der Waals surface area contributed by atoms with Gasteiger partial charge in [-0.3, -0.25) is 4.79 Å². The Balaban J connectivity index is 1.67. The number of carbonyl (C=O) groups excluding carboxylic acids is 1. The van der Waals surface area contributed by atoms with Crippen molar-refractivity contribution in [3.05, 3.63) is 103 Å². The van der Waals surface area contributed by atoms with E-state index in [1.165, 1.54) is 0 Å². The van der Waals surface area contributed by atoms with Crippen LogP contribution in [0.4, 0.5) is 5.69 Å². The predicted octanol–water partition coefficient (Wildman–Crippen LogP) is 5.61. The number of hydrogen-bond donors (Lipinski definition) is 1. The van der Waals surface area contributed by atoms with Crippen LogP contribution in [-0.2, 0) is 4.79 Å². The van der Waals surface area contributed by atoms with Gasteiger partial charge in [-0.05, 0) is 46.7 Å². The van der Waals surface area contributed by atoms with Crippen molar-refractivity contribution in [3.8, 4) is 0 Å². The second-order valence-electron chi connectivity index (χ2n) is 5.96. The Hall–Kier alpha value is -3.59. The molecule has 3 nitrogen and oxygen atoms in total. The fraction of sp³-hybridized carbons (Fsp3) is 0. The number of hydrogen-bond acceptors (Lipinski definition) is 2. The van der Waals surface area contributed by atoms with Gasteiger partial charge in [-0.25, -0.2) is 0 Å². The van der Waals surface area contributed by atoms with Crippen LogP contribution in [-0.4, -0.2) is 5.91 Å². The summed E-state index contributed by atoms with van der Waals surface area (Å²) in [7, 11) is 0. The first-order chi connectivity index (χ1) is 12.8. The number of furan rings is 1. The number of amides is 1. The molecule has 0 aliphatic carbocycles. The van der Waals surface area contributed by atoms with E-state index in [4.69, 9.17) is 4.42 Å². The fourth-order valence-electron chi connectivity index (χ4n) is 2.88. The monoisotopic (exact) mass is 339 g/mol. The van der Waals surface area contributed by atoms with Crippen molar-refractivity contribution < 1.29 is 9.21 Å². The molecule has 0 unspecified atom stereocenters. The topological polar surface area (TPSA) is 42.2 Å². The first-order valence-corrected chi connectivity index (χ1v) is 8.40. The van der Waals surface area contributed by atoms with E-state index in [1.807, 2.05) is 78.9 Å². The van der Waals surface area contributed by atoms with Gasteiger partial charge in [-0.15, -0.1) is 0 Å². The molecule has 4 rings (SSSR count). The minimum absolute atomic E-state index is 0.178. The van der Waals surface area contributed by atoms with Gasteiger partial charge in [-0.2, -0.15) is 0 Å². The summed E-state index contributed by atoms with van der Waals surface area (Å²) in [5, 5.41) is 5.22. The molecule has 0 fully saturated rings. The summed E-state index contributed by atoms with van der Waals surface area (Å²) in [4.78, 5) is 13.0. The highest BCUT2D eigenvalue weighted by molar-refractivity contribution is 6.29. The second-order valence-corrected chi connectivity index (χ2v) is 5.96. The summed E-state index contributed by atoms with van der Waals surface area (Å²) in [6, 6.07) is 27.2. The van der Waals surface area contributed by atoms with Crippen LogP contribution >= 0.6 is 0 Å². The van der Waals surface area contributed by atoms with Crippen LogP contribution in [0.2, 0.25) is 0 Å². The quantitative estimate of drug-likeness (QED) is 0.491. The molecule has 0 saturated heterocycles. The van der Waals surface area contributed by atoms with Crippen LogP contribution in [0.1, 0.15) is 11.3 Å². The zero-order valence-electron chi connectivity index (χ0n) is 14.1. The lowest BCUT2D eigenvalue weighted by atomic mass is 10.0. The second kappa shape index (κ2) is 7.11. The van der Waals surface area contributed by atoms with Gasteiger partial charge < -0.3 is 9.73 Å². The molecule has 1 amide bonds. The van der Waals surface area contributed by atoms with E-state index in [0.29, 0.717) is 11.3 Å². The van der Waals surface area contributed by atoms with Crippen LogP contribution < -0.4 is 5.32 Å². The van der Waals surface area contributed by atoms with Crippen molar-refractivity contribution in [3.63, 3.8) is 0 Å². The van der Waals surface area contributed by atoms with Crippen molar-refractivity contribution in [1.29, 1.82) is 0 Å². The van der Waals surface area contributed by atoms with Crippen LogP contribution in [0.3, 0.4) is 0 Å².